The van der Waals surface area contributed by atoms with Gasteiger partial charge in [0.05, 0.1) is 6.10 Å². The zero-order chi connectivity index (χ0) is 18.0. The van der Waals surface area contributed by atoms with E-state index in [1.165, 1.54) is 12.1 Å². The predicted octanol–water partition coefficient (Wildman–Crippen LogP) is 4.03. The molecule has 0 bridgehead atoms. The summed E-state index contributed by atoms with van der Waals surface area (Å²) in [5.74, 6) is -0.153. The number of aliphatic hydroxyl groups is 1. The van der Waals surface area contributed by atoms with Gasteiger partial charge >= 0.3 is 0 Å². The summed E-state index contributed by atoms with van der Waals surface area (Å²) in [4.78, 5) is 14.6. The van der Waals surface area contributed by atoms with Gasteiger partial charge in [0, 0.05) is 18.7 Å². The smallest absolute Gasteiger partial charge is 0.253 e. The lowest BCUT2D eigenvalue weighted by molar-refractivity contribution is 0.0462. The Morgan fingerprint density at radius 2 is 1.64 bits per heavy atom. The Balaban J connectivity index is 1.63. The van der Waals surface area contributed by atoms with Gasteiger partial charge in [0.1, 0.15) is 5.82 Å². The first kappa shape index (κ1) is 17.6. The van der Waals surface area contributed by atoms with E-state index >= 15 is 0 Å². The van der Waals surface area contributed by atoms with Crippen LogP contribution in [0.3, 0.4) is 0 Å². The summed E-state index contributed by atoms with van der Waals surface area (Å²) < 4.78 is 13.0. The monoisotopic (exact) mass is 341 g/mol. The minimum absolute atomic E-state index is 0.0570. The molecule has 0 radical (unpaired) electrons. The van der Waals surface area contributed by atoms with E-state index in [0.717, 1.165) is 35.1 Å². The summed E-state index contributed by atoms with van der Waals surface area (Å²) in [5, 5.41) is 10.5. The van der Waals surface area contributed by atoms with Crippen LogP contribution >= 0.6 is 0 Å². The van der Waals surface area contributed by atoms with Crippen molar-refractivity contribution in [3.63, 3.8) is 0 Å². The Bertz CT molecular complexity index is 729. The van der Waals surface area contributed by atoms with Crippen molar-refractivity contribution in [3.8, 4) is 0 Å². The molecule has 2 aromatic carbocycles. The van der Waals surface area contributed by atoms with Crippen molar-refractivity contribution in [1.29, 1.82) is 0 Å². The minimum atomic E-state index is -0.612. The van der Waals surface area contributed by atoms with Crippen LogP contribution in [0.15, 0.2) is 42.5 Å². The first-order chi connectivity index (χ1) is 11.9. The number of carbonyl (C=O) groups is 1. The van der Waals surface area contributed by atoms with Crippen LogP contribution in [0.5, 0.6) is 0 Å². The number of rotatable bonds is 3. The molecule has 1 aliphatic rings. The molecule has 1 saturated heterocycles. The van der Waals surface area contributed by atoms with Crippen molar-refractivity contribution in [2.45, 2.75) is 32.8 Å². The number of halogens is 1. The zero-order valence-electron chi connectivity index (χ0n) is 14.7. The van der Waals surface area contributed by atoms with Gasteiger partial charge in [-0.25, -0.2) is 4.39 Å². The minimum Gasteiger partial charge on any atom is -0.388 e. The molecule has 0 spiro atoms. The number of aliphatic hydroxyl groups excluding tert-OH is 1. The van der Waals surface area contributed by atoms with Crippen LogP contribution in [0.2, 0.25) is 0 Å². The summed E-state index contributed by atoms with van der Waals surface area (Å²) in [6, 6.07) is 11.9. The molecule has 2 aromatic rings. The van der Waals surface area contributed by atoms with Crippen LogP contribution in [-0.2, 0) is 0 Å². The maximum Gasteiger partial charge on any atom is 0.253 e. The van der Waals surface area contributed by atoms with E-state index < -0.39 is 6.10 Å². The second kappa shape index (κ2) is 7.36. The number of hydrogen-bond acceptors (Lipinski definition) is 2. The fourth-order valence-corrected chi connectivity index (χ4v) is 3.63. The van der Waals surface area contributed by atoms with Gasteiger partial charge in [-0.3, -0.25) is 4.79 Å². The van der Waals surface area contributed by atoms with Gasteiger partial charge in [-0.15, -0.1) is 0 Å². The third-order valence-corrected chi connectivity index (χ3v) is 4.95. The number of likely N-dealkylation sites (tertiary alicyclic amines) is 1. The molecule has 1 N–H and O–H groups in total. The molecule has 1 aliphatic heterocycles. The summed E-state index contributed by atoms with van der Waals surface area (Å²) in [7, 11) is 0. The highest BCUT2D eigenvalue weighted by Gasteiger charge is 2.28. The van der Waals surface area contributed by atoms with Crippen LogP contribution in [-0.4, -0.2) is 29.0 Å². The fourth-order valence-electron chi connectivity index (χ4n) is 3.63. The summed E-state index contributed by atoms with van der Waals surface area (Å²) in [6.45, 7) is 5.26. The van der Waals surface area contributed by atoms with Crippen molar-refractivity contribution >= 4 is 5.91 Å². The first-order valence-corrected chi connectivity index (χ1v) is 8.75. The Morgan fingerprint density at radius 1 is 1.08 bits per heavy atom. The number of piperidine rings is 1. The summed E-state index contributed by atoms with van der Waals surface area (Å²) in [6.07, 6.45) is 0.878. The van der Waals surface area contributed by atoms with Gasteiger partial charge in [0.15, 0.2) is 0 Å². The number of carbonyl (C=O) groups excluding carboxylic acids is 1. The molecular formula is C21H24FNO2. The molecule has 132 valence electrons. The van der Waals surface area contributed by atoms with Crippen molar-refractivity contribution in [2.24, 2.45) is 5.92 Å². The molecule has 3 nitrogen and oxygen atoms in total. The second-order valence-corrected chi connectivity index (χ2v) is 7.00. The molecule has 0 aromatic heterocycles. The Morgan fingerprint density at radius 3 is 2.20 bits per heavy atom. The van der Waals surface area contributed by atoms with Crippen LogP contribution < -0.4 is 0 Å². The topological polar surface area (TPSA) is 40.5 Å². The van der Waals surface area contributed by atoms with E-state index in [1.807, 2.05) is 30.9 Å². The van der Waals surface area contributed by atoms with Crippen molar-refractivity contribution < 1.29 is 14.3 Å². The normalized spacial score (nSPS) is 16.7. The van der Waals surface area contributed by atoms with E-state index in [4.69, 9.17) is 0 Å². The van der Waals surface area contributed by atoms with Crippen LogP contribution in [0.25, 0.3) is 0 Å². The molecule has 0 saturated carbocycles. The molecule has 4 heteroatoms. The van der Waals surface area contributed by atoms with E-state index in [2.05, 4.69) is 6.07 Å². The quantitative estimate of drug-likeness (QED) is 0.916. The van der Waals surface area contributed by atoms with E-state index in [-0.39, 0.29) is 17.6 Å². The van der Waals surface area contributed by atoms with Crippen molar-refractivity contribution in [3.05, 3.63) is 70.5 Å². The van der Waals surface area contributed by atoms with E-state index in [9.17, 15) is 14.3 Å². The van der Waals surface area contributed by atoms with E-state index in [1.54, 1.807) is 12.1 Å². The van der Waals surface area contributed by atoms with Crippen LogP contribution in [0.1, 0.15) is 46.0 Å². The second-order valence-electron chi connectivity index (χ2n) is 7.00. The number of hydrogen-bond donors (Lipinski definition) is 1. The molecule has 1 amide bonds. The summed E-state index contributed by atoms with van der Waals surface area (Å²) >= 11 is 0. The molecule has 1 heterocycles. The van der Waals surface area contributed by atoms with Gasteiger partial charge in [-0.2, -0.15) is 0 Å². The molecule has 25 heavy (non-hydrogen) atoms. The maximum atomic E-state index is 13.0. The lowest BCUT2D eigenvalue weighted by Crippen LogP contribution is -2.39. The van der Waals surface area contributed by atoms with Gasteiger partial charge < -0.3 is 10.0 Å². The Kier molecular flexibility index (Phi) is 5.19. The van der Waals surface area contributed by atoms with E-state index in [0.29, 0.717) is 13.1 Å². The average Bonchev–Trinajstić information content (AvgIpc) is 2.60. The number of nitrogens with zero attached hydrogens (tertiary/aromatic N) is 1. The van der Waals surface area contributed by atoms with Crippen molar-refractivity contribution in [1.82, 2.24) is 4.90 Å². The number of amides is 1. The van der Waals surface area contributed by atoms with Gasteiger partial charge in [-0.1, -0.05) is 29.3 Å². The maximum absolute atomic E-state index is 13.0. The Labute approximate surface area is 148 Å². The highest BCUT2D eigenvalue weighted by atomic mass is 19.1. The first-order valence-electron chi connectivity index (χ1n) is 8.75. The molecule has 1 atom stereocenters. The number of benzene rings is 2. The Hall–Kier alpha value is -2.20. The third kappa shape index (κ3) is 4.07. The fraction of sp³-hybridized carbons (Fsp3) is 0.381. The predicted molar refractivity (Wildman–Crippen MR) is 95.9 cm³/mol. The van der Waals surface area contributed by atoms with Crippen LogP contribution in [0, 0.1) is 25.6 Å². The molecule has 3 rings (SSSR count). The lowest BCUT2D eigenvalue weighted by Gasteiger charge is -2.34. The molecule has 0 aliphatic carbocycles. The standard InChI is InChI=1S/C21H24FNO2/c1-14-11-15(2)13-18(12-14)21(25)23-9-7-17(8-10-23)20(24)16-3-5-19(22)6-4-16/h3-6,11-13,17,20,24H,7-10H2,1-2H3. The largest absolute Gasteiger partial charge is 0.388 e. The third-order valence-electron chi connectivity index (χ3n) is 4.95. The molecule has 1 unspecified atom stereocenters. The highest BCUT2D eigenvalue weighted by molar-refractivity contribution is 5.94. The summed E-state index contributed by atoms with van der Waals surface area (Å²) in [5.41, 5.74) is 3.64. The zero-order valence-corrected chi connectivity index (χ0v) is 14.7. The number of aryl methyl sites for hydroxylation is 2. The SMILES string of the molecule is Cc1cc(C)cc(C(=O)N2CCC(C(O)c3ccc(F)cc3)CC2)c1. The van der Waals surface area contributed by atoms with Crippen molar-refractivity contribution in [2.75, 3.05) is 13.1 Å². The van der Waals surface area contributed by atoms with Gasteiger partial charge in [-0.05, 0) is 62.4 Å². The van der Waals surface area contributed by atoms with Crippen LogP contribution in [0.4, 0.5) is 4.39 Å². The average molecular weight is 341 g/mol. The molecular weight excluding hydrogens is 317 g/mol. The molecule has 1 fully saturated rings. The van der Waals surface area contributed by atoms with Gasteiger partial charge in [0.25, 0.3) is 5.91 Å². The highest BCUT2D eigenvalue weighted by Crippen LogP contribution is 2.31. The lowest BCUT2D eigenvalue weighted by atomic mass is 9.87. The van der Waals surface area contributed by atoms with Gasteiger partial charge in [0.2, 0.25) is 0 Å².